The van der Waals surface area contributed by atoms with E-state index in [1.54, 1.807) is 27.7 Å². The molecule has 1 atom stereocenters. The van der Waals surface area contributed by atoms with Crippen molar-refractivity contribution in [2.45, 2.75) is 77.9 Å². The first-order chi connectivity index (χ1) is 12.7. The van der Waals surface area contributed by atoms with E-state index in [2.05, 4.69) is 26.3 Å². The molecule has 0 saturated heterocycles. The van der Waals surface area contributed by atoms with Crippen LogP contribution in [0.5, 0.6) is 0 Å². The number of carbonyl (C=O) groups is 3. The maximum atomic E-state index is 12.1. The first kappa shape index (κ1) is 22.7. The Bertz CT molecular complexity index is 542. The van der Waals surface area contributed by atoms with Gasteiger partial charge in [0.2, 0.25) is 11.9 Å². The Hall–Kier alpha value is -2.32. The quantitative estimate of drug-likeness (QED) is 0.511. The number of amides is 4. The second-order valence-electron chi connectivity index (χ2n) is 7.59. The molecule has 1 aliphatic heterocycles. The van der Waals surface area contributed by atoms with Gasteiger partial charge in [-0.05, 0) is 40.5 Å². The SMILES string of the molecule is C[C@@H]1NC(=O)NC(NC(=O)OC(C)(C)C)=NCCCCCCCCNC1=O. The Morgan fingerprint density at radius 3 is 2.41 bits per heavy atom. The lowest BCUT2D eigenvalue weighted by Gasteiger charge is -2.20. The van der Waals surface area contributed by atoms with Crippen molar-refractivity contribution in [3.8, 4) is 0 Å². The molecule has 0 fully saturated rings. The van der Waals surface area contributed by atoms with E-state index in [0.717, 1.165) is 38.5 Å². The molecule has 0 aromatic rings. The predicted octanol–water partition coefficient (Wildman–Crippen LogP) is 2.03. The second kappa shape index (κ2) is 11.4. The summed E-state index contributed by atoms with van der Waals surface area (Å²) in [7, 11) is 0. The number of hydrogen-bond acceptors (Lipinski definition) is 5. The molecule has 9 heteroatoms. The van der Waals surface area contributed by atoms with Crippen molar-refractivity contribution in [1.29, 1.82) is 0 Å². The molecule has 1 rings (SSSR count). The number of urea groups is 1. The van der Waals surface area contributed by atoms with Crippen LogP contribution in [0.1, 0.15) is 66.2 Å². The van der Waals surface area contributed by atoms with Crippen molar-refractivity contribution in [3.05, 3.63) is 0 Å². The van der Waals surface area contributed by atoms with Crippen LogP contribution in [-0.2, 0) is 9.53 Å². The zero-order valence-electron chi connectivity index (χ0n) is 16.8. The number of nitrogens with zero attached hydrogens (tertiary/aromatic N) is 1. The molecule has 0 bridgehead atoms. The zero-order valence-corrected chi connectivity index (χ0v) is 16.8. The Kier molecular flexibility index (Phi) is 9.60. The van der Waals surface area contributed by atoms with E-state index < -0.39 is 23.8 Å². The molecule has 0 radical (unpaired) electrons. The first-order valence-electron chi connectivity index (χ1n) is 9.57. The molecule has 154 valence electrons. The lowest BCUT2D eigenvalue weighted by molar-refractivity contribution is -0.122. The highest BCUT2D eigenvalue weighted by atomic mass is 16.6. The molecule has 0 aliphatic carbocycles. The van der Waals surface area contributed by atoms with Gasteiger partial charge in [0.05, 0.1) is 0 Å². The molecular weight excluding hydrogens is 350 g/mol. The second-order valence-corrected chi connectivity index (χ2v) is 7.59. The van der Waals surface area contributed by atoms with Crippen molar-refractivity contribution in [1.82, 2.24) is 21.3 Å². The number of alkyl carbamates (subject to hydrolysis) is 1. The van der Waals surface area contributed by atoms with Crippen LogP contribution in [0.2, 0.25) is 0 Å². The highest BCUT2D eigenvalue weighted by molar-refractivity contribution is 6.03. The van der Waals surface area contributed by atoms with E-state index in [1.165, 1.54) is 0 Å². The van der Waals surface area contributed by atoms with Gasteiger partial charge in [0.15, 0.2) is 0 Å². The molecule has 1 aliphatic rings. The standard InChI is InChI=1S/C18H33N5O4/c1-13-14(24)19-11-9-7-5-6-8-10-12-20-15(22-16(25)21-13)23-17(26)27-18(2,3)4/h13H,5-12H2,1-4H3,(H,19,24)(H3,20,21,22,23,25,26)/t13-/m0/s1. The van der Waals surface area contributed by atoms with Crippen LogP contribution in [0.15, 0.2) is 4.99 Å². The largest absolute Gasteiger partial charge is 0.444 e. The number of rotatable bonds is 0. The maximum absolute atomic E-state index is 12.1. The van der Waals surface area contributed by atoms with E-state index in [0.29, 0.717) is 13.1 Å². The van der Waals surface area contributed by atoms with Gasteiger partial charge < -0.3 is 15.4 Å². The van der Waals surface area contributed by atoms with Crippen LogP contribution < -0.4 is 21.3 Å². The first-order valence-corrected chi connectivity index (χ1v) is 9.57. The van der Waals surface area contributed by atoms with Gasteiger partial charge in [0.25, 0.3) is 0 Å². The van der Waals surface area contributed by atoms with Crippen LogP contribution in [0.3, 0.4) is 0 Å². The summed E-state index contributed by atoms with van der Waals surface area (Å²) in [6, 6.07) is -1.33. The third kappa shape index (κ3) is 11.1. The highest BCUT2D eigenvalue weighted by Gasteiger charge is 2.20. The molecule has 4 N–H and O–H groups in total. The summed E-state index contributed by atoms with van der Waals surface area (Å²) in [5.74, 6) is -0.253. The van der Waals surface area contributed by atoms with Crippen molar-refractivity contribution in [2.24, 2.45) is 4.99 Å². The van der Waals surface area contributed by atoms with E-state index in [-0.39, 0.29) is 11.9 Å². The van der Waals surface area contributed by atoms with Crippen LogP contribution in [-0.4, -0.2) is 48.7 Å². The summed E-state index contributed by atoms with van der Waals surface area (Å²) in [6.07, 6.45) is 5.33. The minimum atomic E-state index is -0.708. The number of aliphatic imine (C=N–C) groups is 1. The molecular formula is C18H33N5O4. The lowest BCUT2D eigenvalue weighted by atomic mass is 10.1. The van der Waals surface area contributed by atoms with Crippen LogP contribution in [0, 0.1) is 0 Å². The molecule has 0 aromatic carbocycles. The monoisotopic (exact) mass is 383 g/mol. The fourth-order valence-corrected chi connectivity index (χ4v) is 2.42. The van der Waals surface area contributed by atoms with Gasteiger partial charge in [-0.2, -0.15) is 0 Å². The van der Waals surface area contributed by atoms with Crippen LogP contribution in [0.4, 0.5) is 9.59 Å². The van der Waals surface area contributed by atoms with Crippen molar-refractivity contribution < 1.29 is 19.1 Å². The molecule has 0 aromatic heterocycles. The summed E-state index contributed by atoms with van der Waals surface area (Å²) < 4.78 is 5.19. The zero-order chi connectivity index (χ0) is 20.3. The Morgan fingerprint density at radius 1 is 1.11 bits per heavy atom. The Labute approximate surface area is 161 Å². The molecule has 4 amide bonds. The van der Waals surface area contributed by atoms with Gasteiger partial charge in [-0.15, -0.1) is 0 Å². The van der Waals surface area contributed by atoms with E-state index in [4.69, 9.17) is 4.74 Å². The Morgan fingerprint density at radius 2 is 1.74 bits per heavy atom. The summed E-state index contributed by atoms with van der Waals surface area (Å²) in [4.78, 5) is 40.3. The highest BCUT2D eigenvalue weighted by Crippen LogP contribution is 2.07. The van der Waals surface area contributed by atoms with Crippen molar-refractivity contribution in [2.75, 3.05) is 13.1 Å². The van der Waals surface area contributed by atoms with Gasteiger partial charge in [0.1, 0.15) is 11.6 Å². The number of guanidine groups is 1. The van der Waals surface area contributed by atoms with Gasteiger partial charge in [0, 0.05) is 13.1 Å². The fraction of sp³-hybridized carbons (Fsp3) is 0.778. The topological polar surface area (TPSA) is 121 Å². The number of hydrogen-bond donors (Lipinski definition) is 4. The van der Waals surface area contributed by atoms with E-state index >= 15 is 0 Å². The molecule has 0 spiro atoms. The Balaban J connectivity index is 2.75. The average Bonchev–Trinajstić information content (AvgIpc) is 2.53. The predicted molar refractivity (Wildman–Crippen MR) is 104 cm³/mol. The molecule has 1 heterocycles. The maximum Gasteiger partial charge on any atom is 0.414 e. The molecule has 0 saturated carbocycles. The molecule has 27 heavy (non-hydrogen) atoms. The van der Waals surface area contributed by atoms with Gasteiger partial charge >= 0.3 is 12.1 Å². The average molecular weight is 383 g/mol. The number of nitrogens with one attached hydrogen (secondary N) is 4. The van der Waals surface area contributed by atoms with Crippen LogP contribution >= 0.6 is 0 Å². The summed E-state index contributed by atoms with van der Waals surface area (Å²) in [5, 5.41) is 10.3. The molecule has 0 unspecified atom stereocenters. The van der Waals surface area contributed by atoms with Crippen molar-refractivity contribution in [3.63, 3.8) is 0 Å². The molecule has 9 nitrogen and oxygen atoms in total. The smallest absolute Gasteiger partial charge is 0.414 e. The van der Waals surface area contributed by atoms with Crippen LogP contribution in [0.25, 0.3) is 0 Å². The van der Waals surface area contributed by atoms with Gasteiger partial charge in [-0.3, -0.25) is 20.4 Å². The third-order valence-corrected chi connectivity index (χ3v) is 3.75. The minimum Gasteiger partial charge on any atom is -0.444 e. The fourth-order valence-electron chi connectivity index (χ4n) is 2.42. The minimum absolute atomic E-state index is 0.00134. The van der Waals surface area contributed by atoms with Gasteiger partial charge in [-0.1, -0.05) is 25.7 Å². The van der Waals surface area contributed by atoms with E-state index in [1.807, 2.05) is 0 Å². The normalized spacial score (nSPS) is 21.2. The summed E-state index contributed by atoms with van der Waals surface area (Å²) in [6.45, 7) is 7.90. The van der Waals surface area contributed by atoms with Gasteiger partial charge in [-0.25, -0.2) is 9.59 Å². The van der Waals surface area contributed by atoms with E-state index in [9.17, 15) is 14.4 Å². The van der Waals surface area contributed by atoms with Crippen molar-refractivity contribution >= 4 is 24.0 Å². The third-order valence-electron chi connectivity index (χ3n) is 3.75. The number of ether oxygens (including phenoxy) is 1. The summed E-state index contributed by atoms with van der Waals surface area (Å²) in [5.41, 5.74) is -0.669. The summed E-state index contributed by atoms with van der Waals surface area (Å²) >= 11 is 0. The number of carbonyl (C=O) groups excluding carboxylic acids is 3. The lowest BCUT2D eigenvalue weighted by Crippen LogP contribution is -2.53.